The van der Waals surface area contributed by atoms with Crippen LogP contribution in [0.4, 0.5) is 0 Å². The van der Waals surface area contributed by atoms with E-state index in [0.717, 1.165) is 16.5 Å². The Morgan fingerprint density at radius 2 is 2.21 bits per heavy atom. The van der Waals surface area contributed by atoms with Crippen molar-refractivity contribution >= 4 is 22.5 Å². The van der Waals surface area contributed by atoms with Crippen LogP contribution in [0.1, 0.15) is 11.3 Å². The van der Waals surface area contributed by atoms with Crippen LogP contribution in [0.25, 0.3) is 10.9 Å². The topological polar surface area (TPSA) is 33.1 Å². The second kappa shape index (κ2) is 3.56. The van der Waals surface area contributed by atoms with Gasteiger partial charge in [-0.2, -0.15) is 0 Å². The average molecular weight is 208 g/mol. The number of halogens is 1. The molecule has 0 atom stereocenters. The van der Waals surface area contributed by atoms with Crippen LogP contribution >= 0.6 is 11.6 Å². The highest BCUT2D eigenvalue weighted by Crippen LogP contribution is 2.24. The number of fused-ring (bicyclic) bond motifs is 1. The molecule has 0 saturated carbocycles. The van der Waals surface area contributed by atoms with Gasteiger partial charge in [0, 0.05) is 5.39 Å². The van der Waals surface area contributed by atoms with Crippen LogP contribution in [0.5, 0.6) is 0 Å². The number of nitrogens with zero attached hydrogens (tertiary/aromatic N) is 1. The standard InChI is InChI=1S/C11H10ClNO/c1-7-5-8(6-14)13-11-9(7)3-2-4-10(11)12/h2-5,14H,6H2,1H3. The number of aliphatic hydroxyl groups is 1. The molecule has 14 heavy (non-hydrogen) atoms. The Balaban J connectivity index is 2.83. The highest BCUT2D eigenvalue weighted by Gasteiger charge is 2.04. The fourth-order valence-electron chi connectivity index (χ4n) is 1.53. The van der Waals surface area contributed by atoms with E-state index in [0.29, 0.717) is 10.7 Å². The summed E-state index contributed by atoms with van der Waals surface area (Å²) in [6.07, 6.45) is 0. The van der Waals surface area contributed by atoms with Gasteiger partial charge in [-0.15, -0.1) is 0 Å². The Labute approximate surface area is 87.2 Å². The van der Waals surface area contributed by atoms with Crippen LogP contribution < -0.4 is 0 Å². The number of rotatable bonds is 1. The molecule has 1 heterocycles. The predicted molar refractivity (Wildman–Crippen MR) is 57.4 cm³/mol. The molecule has 1 aromatic carbocycles. The minimum Gasteiger partial charge on any atom is -0.390 e. The second-order valence-electron chi connectivity index (χ2n) is 3.22. The Hall–Kier alpha value is -1.12. The third-order valence-electron chi connectivity index (χ3n) is 2.21. The van der Waals surface area contributed by atoms with Crippen LogP contribution in [0.3, 0.4) is 0 Å². The number of aryl methyl sites for hydroxylation is 1. The highest BCUT2D eigenvalue weighted by atomic mass is 35.5. The lowest BCUT2D eigenvalue weighted by Gasteiger charge is -2.05. The van der Waals surface area contributed by atoms with Crippen LogP contribution in [0.15, 0.2) is 24.3 Å². The summed E-state index contributed by atoms with van der Waals surface area (Å²) < 4.78 is 0. The van der Waals surface area contributed by atoms with Crippen LogP contribution in [-0.2, 0) is 6.61 Å². The lowest BCUT2D eigenvalue weighted by atomic mass is 10.1. The van der Waals surface area contributed by atoms with Gasteiger partial charge in [0.2, 0.25) is 0 Å². The lowest BCUT2D eigenvalue weighted by Crippen LogP contribution is -1.92. The Morgan fingerprint density at radius 3 is 2.93 bits per heavy atom. The summed E-state index contributed by atoms with van der Waals surface area (Å²) in [7, 11) is 0. The first-order chi connectivity index (χ1) is 6.72. The van der Waals surface area contributed by atoms with Crippen molar-refractivity contribution in [1.82, 2.24) is 4.98 Å². The smallest absolute Gasteiger partial charge is 0.0895 e. The quantitative estimate of drug-likeness (QED) is 0.780. The minimum absolute atomic E-state index is 0.0536. The third kappa shape index (κ3) is 1.47. The zero-order chi connectivity index (χ0) is 10.1. The van der Waals surface area contributed by atoms with Gasteiger partial charge >= 0.3 is 0 Å². The van der Waals surface area contributed by atoms with E-state index in [4.69, 9.17) is 16.7 Å². The number of benzene rings is 1. The molecular weight excluding hydrogens is 198 g/mol. The SMILES string of the molecule is Cc1cc(CO)nc2c(Cl)cccc12. The van der Waals surface area contributed by atoms with E-state index >= 15 is 0 Å². The minimum atomic E-state index is -0.0536. The number of hydrogen-bond acceptors (Lipinski definition) is 2. The van der Waals surface area contributed by atoms with E-state index in [9.17, 15) is 0 Å². The highest BCUT2D eigenvalue weighted by molar-refractivity contribution is 6.35. The largest absolute Gasteiger partial charge is 0.390 e. The molecule has 0 bridgehead atoms. The lowest BCUT2D eigenvalue weighted by molar-refractivity contribution is 0.277. The van der Waals surface area contributed by atoms with Crippen molar-refractivity contribution in [1.29, 1.82) is 0 Å². The van der Waals surface area contributed by atoms with Crippen molar-refractivity contribution in [2.45, 2.75) is 13.5 Å². The predicted octanol–water partition coefficient (Wildman–Crippen LogP) is 2.69. The molecule has 2 nitrogen and oxygen atoms in total. The number of pyridine rings is 1. The summed E-state index contributed by atoms with van der Waals surface area (Å²) in [6.45, 7) is 1.93. The summed E-state index contributed by atoms with van der Waals surface area (Å²) in [4.78, 5) is 4.27. The molecule has 2 rings (SSSR count). The molecule has 0 spiro atoms. The normalized spacial score (nSPS) is 10.8. The average Bonchev–Trinajstić information content (AvgIpc) is 2.19. The number of hydrogen-bond donors (Lipinski definition) is 1. The van der Waals surface area contributed by atoms with Crippen molar-refractivity contribution in [3.63, 3.8) is 0 Å². The first-order valence-electron chi connectivity index (χ1n) is 4.38. The second-order valence-corrected chi connectivity index (χ2v) is 3.63. The maximum Gasteiger partial charge on any atom is 0.0895 e. The maximum atomic E-state index is 9.01. The number of para-hydroxylation sites is 1. The molecule has 1 N–H and O–H groups in total. The van der Waals surface area contributed by atoms with E-state index in [1.54, 1.807) is 6.07 Å². The van der Waals surface area contributed by atoms with Gasteiger partial charge in [0.1, 0.15) is 0 Å². The van der Waals surface area contributed by atoms with Gasteiger partial charge in [0.05, 0.1) is 22.8 Å². The van der Waals surface area contributed by atoms with Crippen molar-refractivity contribution in [3.8, 4) is 0 Å². The molecule has 0 radical (unpaired) electrons. The van der Waals surface area contributed by atoms with Gasteiger partial charge in [-0.1, -0.05) is 23.7 Å². The monoisotopic (exact) mass is 207 g/mol. The maximum absolute atomic E-state index is 9.01. The molecule has 0 fully saturated rings. The number of aromatic nitrogens is 1. The van der Waals surface area contributed by atoms with E-state index in [-0.39, 0.29) is 6.61 Å². The molecule has 0 saturated heterocycles. The fraction of sp³-hybridized carbons (Fsp3) is 0.182. The van der Waals surface area contributed by atoms with E-state index < -0.39 is 0 Å². The summed E-state index contributed by atoms with van der Waals surface area (Å²) in [5.74, 6) is 0. The van der Waals surface area contributed by atoms with Crippen molar-refractivity contribution in [2.75, 3.05) is 0 Å². The van der Waals surface area contributed by atoms with E-state index in [1.165, 1.54) is 0 Å². The Bertz CT molecular complexity index is 482. The van der Waals surface area contributed by atoms with Crippen molar-refractivity contribution in [2.24, 2.45) is 0 Å². The number of aliphatic hydroxyl groups excluding tert-OH is 1. The molecule has 0 aliphatic carbocycles. The van der Waals surface area contributed by atoms with Gasteiger partial charge in [0.25, 0.3) is 0 Å². The van der Waals surface area contributed by atoms with Gasteiger partial charge in [-0.25, -0.2) is 4.98 Å². The van der Waals surface area contributed by atoms with Gasteiger partial charge in [-0.3, -0.25) is 0 Å². The first-order valence-corrected chi connectivity index (χ1v) is 4.76. The third-order valence-corrected chi connectivity index (χ3v) is 2.52. The first kappa shape index (κ1) is 9.44. The molecule has 1 aromatic heterocycles. The molecule has 3 heteroatoms. The van der Waals surface area contributed by atoms with Gasteiger partial charge < -0.3 is 5.11 Å². The van der Waals surface area contributed by atoms with Crippen molar-refractivity contribution in [3.05, 3.63) is 40.5 Å². The molecule has 72 valence electrons. The van der Waals surface area contributed by atoms with E-state index in [1.807, 2.05) is 25.1 Å². The summed E-state index contributed by atoms with van der Waals surface area (Å²) in [6, 6.07) is 7.55. The summed E-state index contributed by atoms with van der Waals surface area (Å²) >= 11 is 6.01. The Morgan fingerprint density at radius 1 is 1.43 bits per heavy atom. The Kier molecular flexibility index (Phi) is 2.40. The molecule has 0 aliphatic rings. The van der Waals surface area contributed by atoms with Gasteiger partial charge in [-0.05, 0) is 24.6 Å². The van der Waals surface area contributed by atoms with E-state index in [2.05, 4.69) is 4.98 Å². The molecule has 2 aromatic rings. The van der Waals surface area contributed by atoms with Crippen LogP contribution in [-0.4, -0.2) is 10.1 Å². The van der Waals surface area contributed by atoms with Crippen molar-refractivity contribution < 1.29 is 5.11 Å². The molecular formula is C11H10ClNO. The zero-order valence-electron chi connectivity index (χ0n) is 7.79. The molecule has 0 aliphatic heterocycles. The fourth-order valence-corrected chi connectivity index (χ4v) is 1.75. The summed E-state index contributed by atoms with van der Waals surface area (Å²) in [5, 5.41) is 10.7. The van der Waals surface area contributed by atoms with Crippen LogP contribution in [0, 0.1) is 6.92 Å². The van der Waals surface area contributed by atoms with Crippen LogP contribution in [0.2, 0.25) is 5.02 Å². The van der Waals surface area contributed by atoms with Gasteiger partial charge in [0.15, 0.2) is 0 Å². The molecule has 0 unspecified atom stereocenters. The molecule has 0 amide bonds. The summed E-state index contributed by atoms with van der Waals surface area (Å²) in [5.41, 5.74) is 2.50. The zero-order valence-corrected chi connectivity index (χ0v) is 8.54.